The van der Waals surface area contributed by atoms with Crippen LogP contribution in [0.5, 0.6) is 0 Å². The van der Waals surface area contributed by atoms with Crippen molar-refractivity contribution in [2.24, 2.45) is 0 Å². The Bertz CT molecular complexity index is 1050. The van der Waals surface area contributed by atoms with Crippen LogP contribution in [0.25, 0.3) is 11.1 Å². The highest BCUT2D eigenvalue weighted by molar-refractivity contribution is 6.05. The summed E-state index contributed by atoms with van der Waals surface area (Å²) in [6.45, 7) is 0. The van der Waals surface area contributed by atoms with Gasteiger partial charge in [-0.1, -0.05) is 12.1 Å². The summed E-state index contributed by atoms with van der Waals surface area (Å²) in [5.74, 6) is -1.02. The summed E-state index contributed by atoms with van der Waals surface area (Å²) in [7, 11) is 0. The lowest BCUT2D eigenvalue weighted by atomic mass is 10.1. The summed E-state index contributed by atoms with van der Waals surface area (Å²) in [5, 5.41) is 5.59. The molecule has 7 heteroatoms. The van der Waals surface area contributed by atoms with Gasteiger partial charge in [0.1, 0.15) is 11.5 Å². The van der Waals surface area contributed by atoms with E-state index in [2.05, 4.69) is 20.6 Å². The zero-order chi connectivity index (χ0) is 19.5. The molecule has 1 saturated carbocycles. The van der Waals surface area contributed by atoms with Crippen molar-refractivity contribution in [3.8, 4) is 11.1 Å². The maximum absolute atomic E-state index is 13.4. The van der Waals surface area contributed by atoms with E-state index in [1.807, 2.05) is 0 Å². The van der Waals surface area contributed by atoms with Crippen LogP contribution >= 0.6 is 0 Å². The summed E-state index contributed by atoms with van der Waals surface area (Å²) >= 11 is 0. The third-order valence-electron chi connectivity index (χ3n) is 4.32. The highest BCUT2D eigenvalue weighted by Gasteiger charge is 2.24. The van der Waals surface area contributed by atoms with Crippen molar-refractivity contribution >= 4 is 17.5 Å². The lowest BCUT2D eigenvalue weighted by Crippen LogP contribution is -2.26. The van der Waals surface area contributed by atoms with Crippen LogP contribution in [0.2, 0.25) is 0 Å². The standard InChI is InChI=1S/C21H17FN4O2/c22-16-3-1-2-13(8-16)15-9-18(12-23-11-15)26-20(27)14-6-7-24-19(10-14)21(28)25-17-4-5-17/h1-3,6-12,17H,4-5H2,(H,25,28)(H,26,27). The summed E-state index contributed by atoms with van der Waals surface area (Å²) in [6.07, 6.45) is 6.47. The highest BCUT2D eigenvalue weighted by atomic mass is 19.1. The van der Waals surface area contributed by atoms with Crippen LogP contribution in [0.3, 0.4) is 0 Å². The summed E-state index contributed by atoms with van der Waals surface area (Å²) in [5.41, 5.74) is 2.31. The van der Waals surface area contributed by atoms with Gasteiger partial charge < -0.3 is 10.6 Å². The first-order chi connectivity index (χ1) is 13.6. The molecule has 2 aromatic heterocycles. The predicted octanol–water partition coefficient (Wildman–Crippen LogP) is 3.43. The molecule has 0 bridgehead atoms. The zero-order valence-electron chi connectivity index (χ0n) is 14.9. The molecule has 2 heterocycles. The molecule has 2 N–H and O–H groups in total. The summed E-state index contributed by atoms with van der Waals surface area (Å²) in [4.78, 5) is 32.8. The topological polar surface area (TPSA) is 84.0 Å². The van der Waals surface area contributed by atoms with Gasteiger partial charge in [-0.3, -0.25) is 19.6 Å². The molecule has 0 atom stereocenters. The lowest BCUT2D eigenvalue weighted by Gasteiger charge is -2.08. The van der Waals surface area contributed by atoms with E-state index in [0.29, 0.717) is 22.4 Å². The molecular formula is C21H17FN4O2. The van der Waals surface area contributed by atoms with E-state index in [1.54, 1.807) is 24.4 Å². The van der Waals surface area contributed by atoms with Crippen molar-refractivity contribution in [1.29, 1.82) is 0 Å². The number of pyridine rings is 2. The number of hydrogen-bond acceptors (Lipinski definition) is 4. The number of nitrogens with one attached hydrogen (secondary N) is 2. The smallest absolute Gasteiger partial charge is 0.270 e. The molecule has 0 aliphatic heterocycles. The second-order valence-electron chi connectivity index (χ2n) is 6.60. The normalized spacial score (nSPS) is 13.0. The van der Waals surface area contributed by atoms with Gasteiger partial charge in [0, 0.05) is 29.6 Å². The zero-order valence-corrected chi connectivity index (χ0v) is 14.9. The van der Waals surface area contributed by atoms with E-state index in [4.69, 9.17) is 0 Å². The molecular weight excluding hydrogens is 359 g/mol. The minimum atomic E-state index is -0.388. The molecule has 0 unspecified atom stereocenters. The molecule has 4 rings (SSSR count). The molecule has 3 aromatic rings. The Morgan fingerprint density at radius 2 is 1.86 bits per heavy atom. The minimum absolute atomic E-state index is 0.200. The minimum Gasteiger partial charge on any atom is -0.348 e. The molecule has 0 saturated heterocycles. The fraction of sp³-hybridized carbons (Fsp3) is 0.143. The Kier molecular flexibility index (Phi) is 4.80. The molecule has 28 heavy (non-hydrogen) atoms. The van der Waals surface area contributed by atoms with E-state index in [-0.39, 0.29) is 29.4 Å². The van der Waals surface area contributed by atoms with E-state index in [0.717, 1.165) is 12.8 Å². The molecule has 6 nitrogen and oxygen atoms in total. The average molecular weight is 376 g/mol. The van der Waals surface area contributed by atoms with Crippen molar-refractivity contribution in [2.75, 3.05) is 5.32 Å². The molecule has 1 aliphatic rings. The van der Waals surface area contributed by atoms with Gasteiger partial charge in [0.25, 0.3) is 11.8 Å². The van der Waals surface area contributed by atoms with Crippen molar-refractivity contribution in [2.45, 2.75) is 18.9 Å². The quantitative estimate of drug-likeness (QED) is 0.715. The van der Waals surface area contributed by atoms with Gasteiger partial charge in [0.2, 0.25) is 0 Å². The van der Waals surface area contributed by atoms with E-state index in [9.17, 15) is 14.0 Å². The van der Waals surface area contributed by atoms with Crippen molar-refractivity contribution < 1.29 is 14.0 Å². The van der Waals surface area contributed by atoms with E-state index in [1.165, 1.54) is 36.7 Å². The third kappa shape index (κ3) is 4.20. The van der Waals surface area contributed by atoms with Gasteiger partial charge in [-0.15, -0.1) is 0 Å². The van der Waals surface area contributed by atoms with Crippen LogP contribution in [0.1, 0.15) is 33.7 Å². The molecule has 2 amide bonds. The molecule has 1 aromatic carbocycles. The average Bonchev–Trinajstić information content (AvgIpc) is 3.52. The van der Waals surface area contributed by atoms with Gasteiger partial charge in [0.15, 0.2) is 0 Å². The van der Waals surface area contributed by atoms with Crippen molar-refractivity contribution in [3.63, 3.8) is 0 Å². The van der Waals surface area contributed by atoms with Crippen LogP contribution < -0.4 is 10.6 Å². The third-order valence-corrected chi connectivity index (χ3v) is 4.32. The molecule has 0 spiro atoms. The van der Waals surface area contributed by atoms with Crippen LogP contribution in [-0.2, 0) is 0 Å². The Morgan fingerprint density at radius 3 is 2.64 bits per heavy atom. The van der Waals surface area contributed by atoms with Crippen LogP contribution in [-0.4, -0.2) is 27.8 Å². The Labute approximate surface area is 160 Å². The number of carbonyl (C=O) groups is 2. The maximum Gasteiger partial charge on any atom is 0.270 e. The number of benzene rings is 1. The number of rotatable bonds is 5. The van der Waals surface area contributed by atoms with Gasteiger partial charge in [-0.2, -0.15) is 0 Å². The number of aromatic nitrogens is 2. The highest BCUT2D eigenvalue weighted by Crippen LogP contribution is 2.22. The second-order valence-corrected chi connectivity index (χ2v) is 6.60. The monoisotopic (exact) mass is 376 g/mol. The van der Waals surface area contributed by atoms with Crippen LogP contribution in [0.15, 0.2) is 61.1 Å². The Balaban J connectivity index is 1.51. The van der Waals surface area contributed by atoms with Gasteiger partial charge >= 0.3 is 0 Å². The van der Waals surface area contributed by atoms with E-state index >= 15 is 0 Å². The van der Waals surface area contributed by atoms with Crippen LogP contribution in [0, 0.1) is 5.82 Å². The van der Waals surface area contributed by atoms with Gasteiger partial charge in [-0.25, -0.2) is 4.39 Å². The van der Waals surface area contributed by atoms with Crippen molar-refractivity contribution in [1.82, 2.24) is 15.3 Å². The Morgan fingerprint density at radius 1 is 1.00 bits per heavy atom. The predicted molar refractivity (Wildman–Crippen MR) is 102 cm³/mol. The van der Waals surface area contributed by atoms with Crippen LogP contribution in [0.4, 0.5) is 10.1 Å². The first-order valence-corrected chi connectivity index (χ1v) is 8.88. The largest absolute Gasteiger partial charge is 0.348 e. The van der Waals surface area contributed by atoms with Gasteiger partial charge in [0.05, 0.1) is 11.9 Å². The number of hydrogen-bond donors (Lipinski definition) is 2. The fourth-order valence-corrected chi connectivity index (χ4v) is 2.72. The molecule has 1 aliphatic carbocycles. The first-order valence-electron chi connectivity index (χ1n) is 8.88. The van der Waals surface area contributed by atoms with E-state index < -0.39 is 0 Å². The van der Waals surface area contributed by atoms with Crippen molar-refractivity contribution in [3.05, 3.63) is 78.1 Å². The number of carbonyl (C=O) groups excluding carboxylic acids is 2. The van der Waals surface area contributed by atoms with Gasteiger partial charge in [-0.05, 0) is 48.7 Å². The fourth-order valence-electron chi connectivity index (χ4n) is 2.72. The number of anilines is 1. The molecule has 0 radical (unpaired) electrons. The number of nitrogens with zero attached hydrogens (tertiary/aromatic N) is 2. The number of amides is 2. The maximum atomic E-state index is 13.4. The summed E-state index contributed by atoms with van der Waals surface area (Å²) in [6, 6.07) is 11.0. The molecule has 1 fully saturated rings. The molecule has 140 valence electrons. The second kappa shape index (κ2) is 7.56. The Hall–Kier alpha value is -3.61. The number of halogens is 1. The SMILES string of the molecule is O=C(Nc1cncc(-c2cccc(F)c2)c1)c1ccnc(C(=O)NC2CC2)c1. The first kappa shape index (κ1) is 17.8. The summed E-state index contributed by atoms with van der Waals surface area (Å²) < 4.78 is 13.4. The lowest BCUT2D eigenvalue weighted by molar-refractivity contribution is 0.0946.